The first-order valence-corrected chi connectivity index (χ1v) is 5.15. The van der Waals surface area contributed by atoms with E-state index in [9.17, 15) is 9.50 Å². The Morgan fingerprint density at radius 1 is 1.38 bits per heavy atom. The van der Waals surface area contributed by atoms with E-state index >= 15 is 0 Å². The standard InChI is InChI=1S/C10H15FO2/c11-9-7-1-6-2-8(9)13-10(3-6,4-7)5-12/h6-9,12H,1-5H2. The number of aliphatic hydroxyl groups excluding tert-OH is 1. The number of hydrogen-bond acceptors (Lipinski definition) is 2. The van der Waals surface area contributed by atoms with Gasteiger partial charge < -0.3 is 9.84 Å². The number of rotatable bonds is 1. The topological polar surface area (TPSA) is 29.5 Å². The van der Waals surface area contributed by atoms with E-state index in [1.54, 1.807) is 0 Å². The molecule has 0 amide bonds. The summed E-state index contributed by atoms with van der Waals surface area (Å²) in [6, 6.07) is 0. The van der Waals surface area contributed by atoms with Crippen molar-refractivity contribution in [3.8, 4) is 0 Å². The van der Waals surface area contributed by atoms with Crippen molar-refractivity contribution in [1.82, 2.24) is 0 Å². The minimum atomic E-state index is -0.767. The summed E-state index contributed by atoms with van der Waals surface area (Å²) in [5.41, 5.74) is -0.362. The van der Waals surface area contributed by atoms with E-state index in [1.807, 2.05) is 0 Å². The largest absolute Gasteiger partial charge is 0.393 e. The highest BCUT2D eigenvalue weighted by molar-refractivity contribution is 5.05. The van der Waals surface area contributed by atoms with E-state index in [1.165, 1.54) is 0 Å². The summed E-state index contributed by atoms with van der Waals surface area (Å²) in [4.78, 5) is 0. The van der Waals surface area contributed by atoms with Gasteiger partial charge in [0.15, 0.2) is 0 Å². The zero-order chi connectivity index (χ0) is 9.05. The molecule has 0 spiro atoms. The summed E-state index contributed by atoms with van der Waals surface area (Å²) in [5, 5.41) is 9.27. The molecule has 2 nitrogen and oxygen atoms in total. The zero-order valence-electron chi connectivity index (χ0n) is 7.58. The Balaban J connectivity index is 1.92. The maximum atomic E-state index is 13.6. The molecular formula is C10H15FO2. The van der Waals surface area contributed by atoms with Crippen LogP contribution in [0.1, 0.15) is 25.7 Å². The van der Waals surface area contributed by atoms with Crippen LogP contribution in [0.4, 0.5) is 4.39 Å². The fraction of sp³-hybridized carbons (Fsp3) is 1.00. The third kappa shape index (κ3) is 1.00. The lowest BCUT2D eigenvalue weighted by molar-refractivity contribution is -0.259. The molecule has 4 aliphatic rings. The molecule has 0 radical (unpaired) electrons. The minimum Gasteiger partial charge on any atom is -0.393 e. The molecule has 0 aromatic heterocycles. The number of ether oxygens (including phenoxy) is 1. The van der Waals surface area contributed by atoms with Gasteiger partial charge in [-0.05, 0) is 37.5 Å². The third-order valence-electron chi connectivity index (χ3n) is 3.99. The van der Waals surface area contributed by atoms with Crippen LogP contribution in [0.15, 0.2) is 0 Å². The maximum absolute atomic E-state index is 13.6. The SMILES string of the molecule is OCC12CC3CC(C1)C(F)C(C3)O2. The van der Waals surface area contributed by atoms with Crippen molar-refractivity contribution in [2.75, 3.05) is 6.61 Å². The van der Waals surface area contributed by atoms with Crippen molar-refractivity contribution in [3.63, 3.8) is 0 Å². The minimum absolute atomic E-state index is 0.0726. The molecule has 1 N–H and O–H groups in total. The molecule has 0 aromatic carbocycles. The average molecular weight is 186 g/mol. The number of halogens is 1. The van der Waals surface area contributed by atoms with Crippen LogP contribution >= 0.6 is 0 Å². The van der Waals surface area contributed by atoms with E-state index in [2.05, 4.69) is 0 Å². The van der Waals surface area contributed by atoms with Gasteiger partial charge in [0, 0.05) is 0 Å². The Bertz CT molecular complexity index is 215. The van der Waals surface area contributed by atoms with E-state index in [0.29, 0.717) is 5.92 Å². The van der Waals surface area contributed by atoms with E-state index < -0.39 is 6.17 Å². The van der Waals surface area contributed by atoms with Crippen molar-refractivity contribution in [2.24, 2.45) is 11.8 Å². The maximum Gasteiger partial charge on any atom is 0.129 e. The van der Waals surface area contributed by atoms with Gasteiger partial charge in [-0.2, -0.15) is 0 Å². The lowest BCUT2D eigenvalue weighted by Gasteiger charge is -2.57. The molecule has 3 heteroatoms. The number of aliphatic hydroxyl groups is 1. The van der Waals surface area contributed by atoms with E-state index in [4.69, 9.17) is 4.74 Å². The molecule has 5 atom stereocenters. The van der Waals surface area contributed by atoms with E-state index in [-0.39, 0.29) is 24.2 Å². The molecule has 2 saturated carbocycles. The summed E-state index contributed by atoms with van der Waals surface area (Å²) >= 11 is 0. The first-order valence-electron chi connectivity index (χ1n) is 5.15. The van der Waals surface area contributed by atoms with Crippen LogP contribution in [0.5, 0.6) is 0 Å². The van der Waals surface area contributed by atoms with Crippen molar-refractivity contribution in [1.29, 1.82) is 0 Å². The second-order valence-electron chi connectivity index (χ2n) is 4.95. The van der Waals surface area contributed by atoms with Gasteiger partial charge in [0.05, 0.1) is 18.3 Å². The molecule has 5 unspecified atom stereocenters. The highest BCUT2D eigenvalue weighted by atomic mass is 19.1. The second-order valence-corrected chi connectivity index (χ2v) is 4.95. The summed E-state index contributed by atoms with van der Waals surface area (Å²) in [6.07, 6.45) is 2.60. The van der Waals surface area contributed by atoms with Crippen LogP contribution in [0.25, 0.3) is 0 Å². The Labute approximate surface area is 77.1 Å². The molecule has 2 aliphatic heterocycles. The summed E-state index contributed by atoms with van der Waals surface area (Å²) in [5.74, 6) is 0.773. The first-order chi connectivity index (χ1) is 6.22. The zero-order valence-corrected chi connectivity index (χ0v) is 7.58. The number of hydrogen-bond donors (Lipinski definition) is 1. The highest BCUT2D eigenvalue weighted by Gasteiger charge is 2.56. The van der Waals surface area contributed by atoms with Crippen LogP contribution in [-0.4, -0.2) is 29.6 Å². The van der Waals surface area contributed by atoms with Crippen molar-refractivity contribution in [3.05, 3.63) is 0 Å². The van der Waals surface area contributed by atoms with Crippen molar-refractivity contribution >= 4 is 0 Å². The predicted octanol–water partition coefficient (Wildman–Crippen LogP) is 1.27. The van der Waals surface area contributed by atoms with Gasteiger partial charge in [0.25, 0.3) is 0 Å². The second kappa shape index (κ2) is 2.45. The molecule has 4 rings (SSSR count). The Hall–Kier alpha value is -0.150. The lowest BCUT2D eigenvalue weighted by Crippen LogP contribution is -2.61. The van der Waals surface area contributed by atoms with Crippen LogP contribution in [0, 0.1) is 11.8 Å². The van der Waals surface area contributed by atoms with Crippen molar-refractivity contribution in [2.45, 2.75) is 43.6 Å². The smallest absolute Gasteiger partial charge is 0.129 e. The van der Waals surface area contributed by atoms with Gasteiger partial charge in [0.2, 0.25) is 0 Å². The van der Waals surface area contributed by atoms with Gasteiger partial charge in [-0.15, -0.1) is 0 Å². The molecule has 4 fully saturated rings. The molecule has 74 valence electrons. The fourth-order valence-corrected chi connectivity index (χ4v) is 3.56. The van der Waals surface area contributed by atoms with Crippen LogP contribution in [-0.2, 0) is 4.74 Å². The van der Waals surface area contributed by atoms with Crippen molar-refractivity contribution < 1.29 is 14.2 Å². The average Bonchev–Trinajstić information content (AvgIpc) is 2.13. The Morgan fingerprint density at radius 3 is 2.92 bits per heavy atom. The molecule has 2 heterocycles. The van der Waals surface area contributed by atoms with Crippen LogP contribution < -0.4 is 0 Å². The molecular weight excluding hydrogens is 171 g/mol. The van der Waals surface area contributed by atoms with Gasteiger partial charge >= 0.3 is 0 Å². The monoisotopic (exact) mass is 186 g/mol. The quantitative estimate of drug-likeness (QED) is 0.668. The molecule has 2 saturated heterocycles. The van der Waals surface area contributed by atoms with Crippen LogP contribution in [0.2, 0.25) is 0 Å². The molecule has 0 aromatic rings. The predicted molar refractivity (Wildman–Crippen MR) is 45.0 cm³/mol. The van der Waals surface area contributed by atoms with Crippen LogP contribution in [0.3, 0.4) is 0 Å². The fourth-order valence-electron chi connectivity index (χ4n) is 3.56. The number of alkyl halides is 1. The van der Waals surface area contributed by atoms with Gasteiger partial charge in [-0.1, -0.05) is 0 Å². The van der Waals surface area contributed by atoms with Gasteiger partial charge in [-0.3, -0.25) is 0 Å². The first kappa shape index (κ1) is 8.18. The third-order valence-corrected chi connectivity index (χ3v) is 3.99. The summed E-state index contributed by atoms with van der Waals surface area (Å²) in [6.45, 7) is 0.0726. The molecule has 4 bridgehead atoms. The van der Waals surface area contributed by atoms with Gasteiger partial charge in [-0.25, -0.2) is 4.39 Å². The lowest BCUT2D eigenvalue weighted by atomic mass is 9.61. The summed E-state index contributed by atoms with van der Waals surface area (Å²) < 4.78 is 19.2. The Kier molecular flexibility index (Phi) is 1.54. The van der Waals surface area contributed by atoms with Gasteiger partial charge in [0.1, 0.15) is 6.17 Å². The molecule has 13 heavy (non-hydrogen) atoms. The highest BCUT2D eigenvalue weighted by Crippen LogP contribution is 2.53. The normalized spacial score (nSPS) is 58.6. The Morgan fingerprint density at radius 2 is 2.23 bits per heavy atom. The van der Waals surface area contributed by atoms with E-state index in [0.717, 1.165) is 25.7 Å². The molecule has 2 aliphatic carbocycles. The summed E-state index contributed by atoms with van der Waals surface area (Å²) in [7, 11) is 0.